The molecule has 3 heterocycles. The number of nitrogens with zero attached hydrogens (tertiary/aromatic N) is 3. The number of benzene rings is 1. The van der Waals surface area contributed by atoms with E-state index in [1.807, 2.05) is 6.07 Å². The number of carboxylic acid groups (broad SMARTS) is 2. The van der Waals surface area contributed by atoms with E-state index in [1.54, 1.807) is 25.4 Å². The van der Waals surface area contributed by atoms with Crippen LogP contribution in [-0.4, -0.2) is 89.4 Å². The highest BCUT2D eigenvalue weighted by atomic mass is 32.2. The van der Waals surface area contributed by atoms with E-state index in [0.717, 1.165) is 32.5 Å². The average Bonchev–Trinajstić information content (AvgIpc) is 2.93. The number of pyridine rings is 1. The van der Waals surface area contributed by atoms with E-state index in [9.17, 15) is 34.8 Å². The number of sulfonamides is 1. The van der Waals surface area contributed by atoms with Crippen molar-refractivity contribution >= 4 is 22.0 Å². The molecular formula is C23H25F6N3O7S. The molecule has 0 atom stereocenters. The molecule has 0 unspecified atom stereocenters. The van der Waals surface area contributed by atoms with Crippen LogP contribution in [0.15, 0.2) is 53.6 Å². The Kier molecular flexibility index (Phi) is 10.5. The predicted molar refractivity (Wildman–Crippen MR) is 126 cm³/mol. The molecule has 222 valence electrons. The molecule has 2 aliphatic heterocycles. The summed E-state index contributed by atoms with van der Waals surface area (Å²) in [5, 5.41) is 14.2. The SMILES string of the molecule is CN1CC2(CCN(Cc3ccccc3)CC2)Oc2ncccc2S1(=O)=O.O=C(O)C(F)(F)F.O=C(O)C(F)(F)F. The second-order valence-corrected chi connectivity index (χ2v) is 10.7. The Hall–Kier alpha value is -3.44. The van der Waals surface area contributed by atoms with E-state index >= 15 is 0 Å². The number of piperidine rings is 1. The maximum Gasteiger partial charge on any atom is 0.490 e. The summed E-state index contributed by atoms with van der Waals surface area (Å²) in [5.74, 6) is -5.28. The number of halogens is 6. The zero-order valence-electron chi connectivity index (χ0n) is 20.8. The minimum atomic E-state index is -5.08. The molecule has 0 aliphatic carbocycles. The first-order valence-electron chi connectivity index (χ1n) is 11.3. The van der Waals surface area contributed by atoms with Gasteiger partial charge >= 0.3 is 24.3 Å². The third-order valence-electron chi connectivity index (χ3n) is 5.75. The fraction of sp³-hybridized carbons (Fsp3) is 0.435. The lowest BCUT2D eigenvalue weighted by Gasteiger charge is -2.41. The standard InChI is InChI=1S/C19H23N3O3S.2C2HF3O2/c1-21-15-19(25-18-17(26(21,23)24)8-5-11-20-18)9-12-22(13-10-19)14-16-6-3-2-4-7-16;2*3-2(4,5)1(6)7/h2-8,11H,9-10,12-15H2,1H3;2*(H,6,7). The van der Waals surface area contributed by atoms with Crippen molar-refractivity contribution in [3.8, 4) is 5.88 Å². The van der Waals surface area contributed by atoms with Crippen LogP contribution in [0.4, 0.5) is 26.3 Å². The molecule has 1 aromatic heterocycles. The lowest BCUT2D eigenvalue weighted by molar-refractivity contribution is -0.193. The summed E-state index contributed by atoms with van der Waals surface area (Å²) in [5.41, 5.74) is 0.770. The number of hydrogen-bond acceptors (Lipinski definition) is 7. The van der Waals surface area contributed by atoms with Crippen LogP contribution in [0.5, 0.6) is 5.88 Å². The van der Waals surface area contributed by atoms with E-state index in [4.69, 9.17) is 24.5 Å². The number of carbonyl (C=O) groups is 2. The minimum Gasteiger partial charge on any atom is -0.475 e. The zero-order valence-corrected chi connectivity index (χ0v) is 21.6. The van der Waals surface area contributed by atoms with Crippen molar-refractivity contribution in [2.45, 2.75) is 42.2 Å². The highest BCUT2D eigenvalue weighted by Gasteiger charge is 2.45. The average molecular weight is 602 g/mol. The number of carboxylic acids is 2. The van der Waals surface area contributed by atoms with Gasteiger partial charge in [-0.3, -0.25) is 4.90 Å². The van der Waals surface area contributed by atoms with Gasteiger partial charge in [-0.25, -0.2) is 23.0 Å². The molecule has 2 aromatic rings. The molecule has 1 spiro atoms. The van der Waals surface area contributed by atoms with Crippen LogP contribution in [0.3, 0.4) is 0 Å². The van der Waals surface area contributed by atoms with Crippen LogP contribution in [0.25, 0.3) is 0 Å². The summed E-state index contributed by atoms with van der Waals surface area (Å²) in [6, 6.07) is 13.6. The van der Waals surface area contributed by atoms with Crippen LogP contribution in [0, 0.1) is 0 Å². The molecule has 40 heavy (non-hydrogen) atoms. The molecule has 1 saturated heterocycles. The number of rotatable bonds is 2. The topological polar surface area (TPSA) is 137 Å². The molecule has 4 rings (SSSR count). The summed E-state index contributed by atoms with van der Waals surface area (Å²) in [6.07, 6.45) is -7.04. The second kappa shape index (κ2) is 12.8. The molecule has 0 amide bonds. The first-order valence-corrected chi connectivity index (χ1v) is 12.8. The number of aliphatic carboxylic acids is 2. The van der Waals surface area contributed by atoms with Crippen molar-refractivity contribution in [3.05, 3.63) is 54.2 Å². The van der Waals surface area contributed by atoms with E-state index in [1.165, 1.54) is 9.87 Å². The van der Waals surface area contributed by atoms with Crippen molar-refractivity contribution in [2.75, 3.05) is 26.7 Å². The fourth-order valence-corrected chi connectivity index (χ4v) is 5.07. The first-order chi connectivity index (χ1) is 18.4. The molecule has 17 heteroatoms. The molecule has 1 aromatic carbocycles. The van der Waals surface area contributed by atoms with Gasteiger partial charge in [-0.05, 0) is 17.7 Å². The number of hydrogen-bond donors (Lipinski definition) is 2. The summed E-state index contributed by atoms with van der Waals surface area (Å²) < 4.78 is 96.6. The number of likely N-dealkylation sites (tertiary alicyclic amines) is 1. The largest absolute Gasteiger partial charge is 0.490 e. The van der Waals surface area contributed by atoms with Crippen molar-refractivity contribution in [1.29, 1.82) is 0 Å². The maximum absolute atomic E-state index is 12.8. The zero-order chi connectivity index (χ0) is 30.4. The van der Waals surface area contributed by atoms with Gasteiger partial charge in [-0.1, -0.05) is 30.3 Å². The van der Waals surface area contributed by atoms with E-state index in [-0.39, 0.29) is 10.8 Å². The Morgan fingerprint density at radius 1 is 0.950 bits per heavy atom. The van der Waals surface area contributed by atoms with Crippen LogP contribution in [0.1, 0.15) is 18.4 Å². The van der Waals surface area contributed by atoms with Gasteiger partial charge in [0.25, 0.3) is 0 Å². The van der Waals surface area contributed by atoms with Crippen molar-refractivity contribution < 1.29 is 59.3 Å². The quantitative estimate of drug-likeness (QED) is 0.497. The van der Waals surface area contributed by atoms with Gasteiger partial charge < -0.3 is 14.9 Å². The van der Waals surface area contributed by atoms with E-state index in [0.29, 0.717) is 6.54 Å². The third-order valence-corrected chi connectivity index (χ3v) is 7.57. The van der Waals surface area contributed by atoms with Crippen LogP contribution >= 0.6 is 0 Å². The van der Waals surface area contributed by atoms with E-state index < -0.39 is 39.9 Å². The Bertz CT molecular complexity index is 1240. The number of ether oxygens (including phenoxy) is 1. The molecule has 2 N–H and O–H groups in total. The number of aromatic nitrogens is 1. The number of likely N-dealkylation sites (N-methyl/N-ethyl adjacent to an activating group) is 1. The van der Waals surface area contributed by atoms with Gasteiger partial charge in [0.1, 0.15) is 10.5 Å². The molecule has 0 radical (unpaired) electrons. The fourth-order valence-electron chi connectivity index (χ4n) is 3.77. The highest BCUT2D eigenvalue weighted by Crippen LogP contribution is 2.37. The van der Waals surface area contributed by atoms with E-state index in [2.05, 4.69) is 34.1 Å². The summed E-state index contributed by atoms with van der Waals surface area (Å²) >= 11 is 0. The monoisotopic (exact) mass is 601 g/mol. The van der Waals surface area contributed by atoms with Crippen LogP contribution < -0.4 is 4.74 Å². The normalized spacial score (nSPS) is 18.5. The van der Waals surface area contributed by atoms with Crippen LogP contribution in [-0.2, 0) is 26.2 Å². The maximum atomic E-state index is 12.8. The van der Waals surface area contributed by atoms with Gasteiger partial charge in [0.2, 0.25) is 15.9 Å². The lowest BCUT2D eigenvalue weighted by Crippen LogP contribution is -2.53. The van der Waals surface area contributed by atoms with Gasteiger partial charge in [0.15, 0.2) is 0 Å². The number of alkyl halides is 6. The Morgan fingerprint density at radius 2 is 1.45 bits per heavy atom. The van der Waals surface area contributed by atoms with Crippen molar-refractivity contribution in [2.24, 2.45) is 0 Å². The predicted octanol–water partition coefficient (Wildman–Crippen LogP) is 3.40. The number of fused-ring (bicyclic) bond motifs is 1. The van der Waals surface area contributed by atoms with Gasteiger partial charge in [-0.2, -0.15) is 30.6 Å². The van der Waals surface area contributed by atoms with Crippen molar-refractivity contribution in [3.63, 3.8) is 0 Å². The molecule has 10 nitrogen and oxygen atoms in total. The van der Waals surface area contributed by atoms with Gasteiger partial charge in [0.05, 0.1) is 6.54 Å². The van der Waals surface area contributed by atoms with Gasteiger partial charge in [-0.15, -0.1) is 0 Å². The molecule has 0 saturated carbocycles. The Balaban J connectivity index is 0.000000333. The Morgan fingerprint density at radius 3 is 1.93 bits per heavy atom. The van der Waals surface area contributed by atoms with Crippen molar-refractivity contribution in [1.82, 2.24) is 14.2 Å². The summed E-state index contributed by atoms with van der Waals surface area (Å²) in [7, 11) is -1.94. The second-order valence-electron chi connectivity index (χ2n) is 8.72. The Labute approximate surface area is 224 Å². The summed E-state index contributed by atoms with van der Waals surface area (Å²) in [6.45, 7) is 2.99. The van der Waals surface area contributed by atoms with Gasteiger partial charge in [0, 0.05) is 45.7 Å². The highest BCUT2D eigenvalue weighted by molar-refractivity contribution is 7.89. The molecular weight excluding hydrogens is 576 g/mol. The first kappa shape index (κ1) is 32.8. The molecule has 0 bridgehead atoms. The third kappa shape index (κ3) is 9.06. The summed E-state index contributed by atoms with van der Waals surface area (Å²) in [4.78, 5) is 24.5. The molecule has 2 aliphatic rings. The lowest BCUT2D eigenvalue weighted by atomic mass is 9.90. The minimum absolute atomic E-state index is 0.158. The molecule has 1 fully saturated rings. The van der Waals surface area contributed by atoms with Crippen LogP contribution in [0.2, 0.25) is 0 Å². The smallest absolute Gasteiger partial charge is 0.475 e.